The lowest BCUT2D eigenvalue weighted by molar-refractivity contribution is -0.137. The highest BCUT2D eigenvalue weighted by atomic mass is 19.4. The largest absolute Gasteiger partial charge is 0.416 e. The number of nitrogens with one attached hydrogen (secondary N) is 1. The lowest BCUT2D eigenvalue weighted by Crippen LogP contribution is -2.20. The number of benzene rings is 1. The molecule has 1 aromatic rings. The van der Waals surface area contributed by atoms with Gasteiger partial charge in [-0.15, -0.1) is 0 Å². The van der Waals surface area contributed by atoms with Gasteiger partial charge in [-0.2, -0.15) is 13.2 Å². The van der Waals surface area contributed by atoms with E-state index in [0.29, 0.717) is 0 Å². The van der Waals surface area contributed by atoms with E-state index in [1.807, 2.05) is 0 Å². The number of hydrogen-bond donors (Lipinski definition) is 1. The summed E-state index contributed by atoms with van der Waals surface area (Å²) in [5.74, 6) is -0.230. The predicted molar refractivity (Wildman–Crippen MR) is 62.0 cm³/mol. The first-order valence-corrected chi connectivity index (χ1v) is 5.95. The molecule has 1 amide bonds. The second kappa shape index (κ2) is 5.00. The molecule has 1 N–H and O–H groups in total. The van der Waals surface area contributed by atoms with Gasteiger partial charge in [-0.3, -0.25) is 4.79 Å². The fourth-order valence-corrected chi connectivity index (χ4v) is 2.21. The van der Waals surface area contributed by atoms with Gasteiger partial charge in [0.15, 0.2) is 0 Å². The van der Waals surface area contributed by atoms with E-state index in [-0.39, 0.29) is 17.5 Å². The SMILES string of the molecule is O=C(Nc1cccc(C(F)(F)F)c1)C1CCCC1. The summed E-state index contributed by atoms with van der Waals surface area (Å²) in [4.78, 5) is 11.8. The minimum absolute atomic E-state index is 0.0560. The van der Waals surface area contributed by atoms with Crippen molar-refractivity contribution in [3.05, 3.63) is 29.8 Å². The van der Waals surface area contributed by atoms with Gasteiger partial charge in [0.1, 0.15) is 0 Å². The number of halogens is 3. The molecule has 1 aliphatic carbocycles. The molecule has 18 heavy (non-hydrogen) atoms. The van der Waals surface area contributed by atoms with Crippen molar-refractivity contribution in [2.75, 3.05) is 5.32 Å². The molecule has 0 bridgehead atoms. The summed E-state index contributed by atoms with van der Waals surface area (Å²) >= 11 is 0. The molecule has 0 spiro atoms. The fourth-order valence-electron chi connectivity index (χ4n) is 2.21. The van der Waals surface area contributed by atoms with Crippen LogP contribution in [-0.2, 0) is 11.0 Å². The van der Waals surface area contributed by atoms with Gasteiger partial charge in [-0.05, 0) is 31.0 Å². The van der Waals surface area contributed by atoms with Crippen LogP contribution in [0.3, 0.4) is 0 Å². The molecular formula is C13H14F3NO. The predicted octanol–water partition coefficient (Wildman–Crippen LogP) is 3.83. The highest BCUT2D eigenvalue weighted by Gasteiger charge is 2.30. The van der Waals surface area contributed by atoms with Crippen molar-refractivity contribution in [2.45, 2.75) is 31.9 Å². The molecule has 2 rings (SSSR count). The molecule has 1 fully saturated rings. The molecule has 0 aliphatic heterocycles. The van der Waals surface area contributed by atoms with Crippen LogP contribution < -0.4 is 5.32 Å². The first-order chi connectivity index (χ1) is 8.47. The summed E-state index contributed by atoms with van der Waals surface area (Å²) in [6, 6.07) is 4.73. The molecule has 98 valence electrons. The molecule has 1 saturated carbocycles. The van der Waals surface area contributed by atoms with E-state index in [9.17, 15) is 18.0 Å². The van der Waals surface area contributed by atoms with Gasteiger partial charge in [0.05, 0.1) is 5.56 Å². The quantitative estimate of drug-likeness (QED) is 0.857. The summed E-state index contributed by atoms with van der Waals surface area (Å²) in [5.41, 5.74) is -0.534. The zero-order valence-electron chi connectivity index (χ0n) is 9.76. The molecule has 0 aromatic heterocycles. The summed E-state index contributed by atoms with van der Waals surface area (Å²) < 4.78 is 37.5. The molecule has 1 aliphatic rings. The van der Waals surface area contributed by atoms with E-state index >= 15 is 0 Å². The Morgan fingerprint density at radius 3 is 2.50 bits per heavy atom. The summed E-state index contributed by atoms with van der Waals surface area (Å²) in [7, 11) is 0. The molecule has 2 nitrogen and oxygen atoms in total. The van der Waals surface area contributed by atoms with E-state index in [1.165, 1.54) is 12.1 Å². The van der Waals surface area contributed by atoms with Gasteiger partial charge >= 0.3 is 6.18 Å². The van der Waals surface area contributed by atoms with E-state index < -0.39 is 11.7 Å². The molecule has 0 saturated heterocycles. The van der Waals surface area contributed by atoms with Crippen LogP contribution in [0.4, 0.5) is 18.9 Å². The number of alkyl halides is 3. The Bertz CT molecular complexity index is 436. The van der Waals surface area contributed by atoms with Crippen molar-refractivity contribution >= 4 is 11.6 Å². The number of amides is 1. The zero-order chi connectivity index (χ0) is 13.2. The molecule has 1 aromatic carbocycles. The van der Waals surface area contributed by atoms with Crippen molar-refractivity contribution in [3.8, 4) is 0 Å². The Kier molecular flexibility index (Phi) is 3.59. The van der Waals surface area contributed by atoms with Gasteiger partial charge in [0.25, 0.3) is 0 Å². The third-order valence-corrected chi connectivity index (χ3v) is 3.18. The number of hydrogen-bond acceptors (Lipinski definition) is 1. The Morgan fingerprint density at radius 2 is 1.89 bits per heavy atom. The van der Waals surface area contributed by atoms with Gasteiger partial charge in [0, 0.05) is 11.6 Å². The smallest absolute Gasteiger partial charge is 0.326 e. The van der Waals surface area contributed by atoms with Crippen LogP contribution in [0.2, 0.25) is 0 Å². The van der Waals surface area contributed by atoms with Crippen LogP contribution in [0.1, 0.15) is 31.2 Å². The first-order valence-electron chi connectivity index (χ1n) is 5.95. The summed E-state index contributed by atoms with van der Waals surface area (Å²) in [6.45, 7) is 0. The number of carbonyl (C=O) groups excluding carboxylic acids is 1. The van der Waals surface area contributed by atoms with Crippen LogP contribution in [0.5, 0.6) is 0 Å². The monoisotopic (exact) mass is 257 g/mol. The van der Waals surface area contributed by atoms with Gasteiger partial charge in [0.2, 0.25) is 5.91 Å². The van der Waals surface area contributed by atoms with Crippen molar-refractivity contribution < 1.29 is 18.0 Å². The second-order valence-corrected chi connectivity index (χ2v) is 4.55. The Balaban J connectivity index is 2.07. The summed E-state index contributed by atoms with van der Waals surface area (Å²) in [5, 5.41) is 2.56. The van der Waals surface area contributed by atoms with Crippen LogP contribution in [-0.4, -0.2) is 5.91 Å². The average Bonchev–Trinajstić information content (AvgIpc) is 2.81. The lowest BCUT2D eigenvalue weighted by Gasteiger charge is -2.12. The minimum atomic E-state index is -4.38. The number of carbonyl (C=O) groups is 1. The molecular weight excluding hydrogens is 243 g/mol. The molecule has 0 unspecified atom stereocenters. The zero-order valence-corrected chi connectivity index (χ0v) is 9.76. The van der Waals surface area contributed by atoms with Gasteiger partial charge in [-0.1, -0.05) is 18.9 Å². The van der Waals surface area contributed by atoms with Crippen molar-refractivity contribution in [3.63, 3.8) is 0 Å². The fraction of sp³-hybridized carbons (Fsp3) is 0.462. The normalized spacial score (nSPS) is 16.8. The lowest BCUT2D eigenvalue weighted by atomic mass is 10.1. The topological polar surface area (TPSA) is 29.1 Å². The highest BCUT2D eigenvalue weighted by molar-refractivity contribution is 5.92. The average molecular weight is 257 g/mol. The maximum Gasteiger partial charge on any atom is 0.416 e. The highest BCUT2D eigenvalue weighted by Crippen LogP contribution is 2.31. The third-order valence-electron chi connectivity index (χ3n) is 3.18. The van der Waals surface area contributed by atoms with Crippen LogP contribution in [0, 0.1) is 5.92 Å². The Labute approximate surface area is 103 Å². The standard InChI is InChI=1S/C13H14F3NO/c14-13(15,16)10-6-3-7-11(8-10)17-12(18)9-4-1-2-5-9/h3,6-9H,1-2,4-5H2,(H,17,18). The van der Waals surface area contributed by atoms with E-state index in [2.05, 4.69) is 5.32 Å². The second-order valence-electron chi connectivity index (χ2n) is 4.55. The van der Waals surface area contributed by atoms with E-state index in [0.717, 1.165) is 37.8 Å². The van der Waals surface area contributed by atoms with Crippen LogP contribution in [0.15, 0.2) is 24.3 Å². The number of anilines is 1. The minimum Gasteiger partial charge on any atom is -0.326 e. The Morgan fingerprint density at radius 1 is 1.22 bits per heavy atom. The molecule has 0 atom stereocenters. The summed E-state index contributed by atoms with van der Waals surface area (Å²) in [6.07, 6.45) is -0.703. The third kappa shape index (κ3) is 3.03. The van der Waals surface area contributed by atoms with Crippen molar-refractivity contribution in [2.24, 2.45) is 5.92 Å². The van der Waals surface area contributed by atoms with Gasteiger partial charge < -0.3 is 5.32 Å². The molecule has 0 heterocycles. The molecule has 5 heteroatoms. The van der Waals surface area contributed by atoms with Gasteiger partial charge in [-0.25, -0.2) is 0 Å². The number of rotatable bonds is 2. The van der Waals surface area contributed by atoms with Crippen molar-refractivity contribution in [1.29, 1.82) is 0 Å². The van der Waals surface area contributed by atoms with E-state index in [1.54, 1.807) is 0 Å². The van der Waals surface area contributed by atoms with Crippen molar-refractivity contribution in [1.82, 2.24) is 0 Å². The Hall–Kier alpha value is -1.52. The first kappa shape index (κ1) is 12.9. The van der Waals surface area contributed by atoms with Crippen LogP contribution >= 0.6 is 0 Å². The molecule has 0 radical (unpaired) electrons. The van der Waals surface area contributed by atoms with Crippen LogP contribution in [0.25, 0.3) is 0 Å². The maximum atomic E-state index is 12.5. The maximum absolute atomic E-state index is 12.5. The van der Waals surface area contributed by atoms with E-state index in [4.69, 9.17) is 0 Å².